The number of allylic oxidation sites excluding steroid dienone is 2. The highest BCUT2D eigenvalue weighted by molar-refractivity contribution is 5.81. The van der Waals surface area contributed by atoms with Crippen molar-refractivity contribution in [3.63, 3.8) is 0 Å². The second-order valence-electron chi connectivity index (χ2n) is 14.5. The molecule has 4 saturated carbocycles. The number of carbonyl (C=O) groups excluding carboxylic acids is 1. The Labute approximate surface area is 213 Å². The number of aryl methyl sites for hydroxylation is 1. The van der Waals surface area contributed by atoms with Crippen molar-refractivity contribution in [2.24, 2.45) is 57.0 Å². The van der Waals surface area contributed by atoms with E-state index >= 15 is 0 Å². The third-order valence-electron chi connectivity index (χ3n) is 12.9. The Hall–Kier alpha value is -1.57. The third kappa shape index (κ3) is 3.10. The fourth-order valence-electron chi connectivity index (χ4n) is 11.5. The molecule has 1 aromatic carbocycles. The number of nitrogens with two attached hydrogens (primary N) is 1. The maximum atomic E-state index is 12.7. The lowest BCUT2D eigenvalue weighted by atomic mass is 9.36. The molecule has 0 aliphatic heterocycles. The summed E-state index contributed by atoms with van der Waals surface area (Å²) in [5.41, 5.74) is 11.2. The zero-order valence-electron chi connectivity index (χ0n) is 22.8. The van der Waals surface area contributed by atoms with Crippen LogP contribution in [0.3, 0.4) is 0 Å². The molecule has 0 aromatic heterocycles. The van der Waals surface area contributed by atoms with Gasteiger partial charge in [0.05, 0.1) is 5.41 Å². The average Bonchev–Trinajstić information content (AvgIpc) is 3.25. The molecule has 2 heteroatoms. The molecule has 0 radical (unpaired) electrons. The highest BCUT2D eigenvalue weighted by Gasteiger charge is 2.66. The van der Waals surface area contributed by atoms with Gasteiger partial charge >= 0.3 is 0 Å². The van der Waals surface area contributed by atoms with Gasteiger partial charge < -0.3 is 5.73 Å². The van der Waals surface area contributed by atoms with Crippen molar-refractivity contribution in [3.8, 4) is 0 Å². The first-order valence-corrected chi connectivity index (χ1v) is 14.6. The van der Waals surface area contributed by atoms with Gasteiger partial charge in [-0.15, -0.1) is 0 Å². The summed E-state index contributed by atoms with van der Waals surface area (Å²) < 4.78 is 0. The minimum atomic E-state index is -0.177. The molecular formula is C33H47NO. The quantitative estimate of drug-likeness (QED) is 0.465. The SMILES string of the molecule is Cc1ccc(C2=CCC3(C)C(CCC4(C)C5CCC6(C(N)=O)CCCC6C5CCC43)C2(C)C)cc1. The summed E-state index contributed by atoms with van der Waals surface area (Å²) in [7, 11) is 0. The van der Waals surface area contributed by atoms with Crippen LogP contribution in [0.1, 0.15) is 103 Å². The zero-order chi connectivity index (χ0) is 24.8. The van der Waals surface area contributed by atoms with Crippen molar-refractivity contribution >= 4 is 11.5 Å². The van der Waals surface area contributed by atoms with Crippen molar-refractivity contribution in [2.75, 3.05) is 0 Å². The van der Waals surface area contributed by atoms with Crippen LogP contribution in [0.4, 0.5) is 0 Å². The summed E-state index contributed by atoms with van der Waals surface area (Å²) >= 11 is 0. The molecule has 190 valence electrons. The summed E-state index contributed by atoms with van der Waals surface area (Å²) in [4.78, 5) is 12.7. The molecule has 2 nitrogen and oxygen atoms in total. The Morgan fingerprint density at radius 3 is 2.29 bits per heavy atom. The molecule has 8 unspecified atom stereocenters. The zero-order valence-corrected chi connectivity index (χ0v) is 22.8. The molecule has 6 rings (SSSR count). The van der Waals surface area contributed by atoms with Gasteiger partial charge in [0.25, 0.3) is 0 Å². The number of fused-ring (bicyclic) bond motifs is 7. The summed E-state index contributed by atoms with van der Waals surface area (Å²) in [5, 5.41) is 0. The first kappa shape index (κ1) is 23.8. The van der Waals surface area contributed by atoms with E-state index in [-0.39, 0.29) is 16.7 Å². The lowest BCUT2D eigenvalue weighted by Gasteiger charge is -2.68. The van der Waals surface area contributed by atoms with Gasteiger partial charge in [-0.25, -0.2) is 0 Å². The fraction of sp³-hybridized carbons (Fsp3) is 0.727. The molecule has 4 fully saturated rings. The van der Waals surface area contributed by atoms with E-state index < -0.39 is 0 Å². The van der Waals surface area contributed by atoms with Gasteiger partial charge in [-0.05, 0) is 122 Å². The summed E-state index contributed by atoms with van der Waals surface area (Å²) in [6, 6.07) is 9.24. The topological polar surface area (TPSA) is 43.1 Å². The van der Waals surface area contributed by atoms with Crippen molar-refractivity contribution in [1.82, 2.24) is 0 Å². The number of hydrogen-bond acceptors (Lipinski definition) is 1. The number of hydrogen-bond donors (Lipinski definition) is 1. The predicted octanol–water partition coefficient (Wildman–Crippen LogP) is 7.94. The lowest BCUT2D eigenvalue weighted by molar-refractivity contribution is -0.180. The van der Waals surface area contributed by atoms with Crippen LogP contribution >= 0.6 is 0 Å². The van der Waals surface area contributed by atoms with E-state index in [1.54, 1.807) is 5.57 Å². The van der Waals surface area contributed by atoms with Crippen LogP contribution in [0.25, 0.3) is 5.57 Å². The monoisotopic (exact) mass is 473 g/mol. The lowest BCUT2D eigenvalue weighted by Crippen LogP contribution is -2.61. The van der Waals surface area contributed by atoms with Crippen LogP contribution in [-0.4, -0.2) is 5.91 Å². The minimum Gasteiger partial charge on any atom is -0.369 e. The van der Waals surface area contributed by atoms with Crippen LogP contribution in [0, 0.1) is 58.2 Å². The molecule has 35 heavy (non-hydrogen) atoms. The third-order valence-corrected chi connectivity index (χ3v) is 12.9. The summed E-state index contributed by atoms with van der Waals surface area (Å²) in [6.45, 7) is 12.6. The molecule has 0 saturated heterocycles. The minimum absolute atomic E-state index is 0.0178. The normalized spacial score (nSPS) is 46.0. The van der Waals surface area contributed by atoms with Crippen molar-refractivity contribution < 1.29 is 4.79 Å². The molecule has 1 aromatic rings. The van der Waals surface area contributed by atoms with E-state index in [0.29, 0.717) is 16.7 Å². The maximum absolute atomic E-state index is 12.7. The first-order valence-electron chi connectivity index (χ1n) is 14.6. The number of amides is 1. The van der Waals surface area contributed by atoms with Crippen LogP contribution in [0.2, 0.25) is 0 Å². The van der Waals surface area contributed by atoms with Crippen LogP contribution in [0.15, 0.2) is 30.3 Å². The number of carbonyl (C=O) groups is 1. The summed E-state index contributed by atoms with van der Waals surface area (Å²) in [5.74, 6) is 3.58. The number of primary amides is 1. The molecular weight excluding hydrogens is 426 g/mol. The van der Waals surface area contributed by atoms with Gasteiger partial charge in [0.2, 0.25) is 5.91 Å². The second-order valence-corrected chi connectivity index (χ2v) is 14.5. The molecule has 0 bridgehead atoms. The van der Waals surface area contributed by atoms with E-state index in [2.05, 4.69) is 65.0 Å². The number of benzene rings is 1. The fourth-order valence-corrected chi connectivity index (χ4v) is 11.5. The molecule has 5 aliphatic carbocycles. The second kappa shape index (κ2) is 7.72. The first-order chi connectivity index (χ1) is 16.5. The van der Waals surface area contributed by atoms with Gasteiger partial charge in [0, 0.05) is 0 Å². The Morgan fingerprint density at radius 1 is 0.829 bits per heavy atom. The van der Waals surface area contributed by atoms with E-state index in [9.17, 15) is 4.79 Å². The van der Waals surface area contributed by atoms with E-state index in [1.807, 2.05) is 0 Å². The molecule has 1 amide bonds. The van der Waals surface area contributed by atoms with Gasteiger partial charge in [-0.1, -0.05) is 70.0 Å². The molecule has 0 heterocycles. The highest BCUT2D eigenvalue weighted by atomic mass is 16.1. The van der Waals surface area contributed by atoms with Gasteiger partial charge in [-0.3, -0.25) is 4.79 Å². The van der Waals surface area contributed by atoms with E-state index in [4.69, 9.17) is 5.73 Å². The Balaban J connectivity index is 1.34. The molecule has 0 spiro atoms. The van der Waals surface area contributed by atoms with Crippen LogP contribution in [0.5, 0.6) is 0 Å². The van der Waals surface area contributed by atoms with Gasteiger partial charge in [0.15, 0.2) is 0 Å². The van der Waals surface area contributed by atoms with E-state index in [1.165, 1.54) is 62.5 Å². The maximum Gasteiger partial charge on any atom is 0.223 e. The van der Waals surface area contributed by atoms with Crippen molar-refractivity contribution in [2.45, 2.75) is 98.8 Å². The average molecular weight is 474 g/mol. The molecule has 5 aliphatic rings. The van der Waals surface area contributed by atoms with Crippen LogP contribution < -0.4 is 5.73 Å². The Bertz CT molecular complexity index is 1050. The van der Waals surface area contributed by atoms with Crippen molar-refractivity contribution in [1.29, 1.82) is 0 Å². The summed E-state index contributed by atoms with van der Waals surface area (Å²) in [6.07, 6.45) is 15.0. The van der Waals surface area contributed by atoms with Gasteiger partial charge in [0.1, 0.15) is 0 Å². The molecule has 8 atom stereocenters. The number of rotatable bonds is 2. The van der Waals surface area contributed by atoms with Crippen LogP contribution in [-0.2, 0) is 4.79 Å². The Morgan fingerprint density at radius 2 is 1.57 bits per heavy atom. The standard InChI is InChI=1S/C33H47NO/c1-21-8-10-22(11-9-21)24-14-18-32(5)27(30(24,2)3)16-19-31(4)25-15-20-33(29(34)35)17-6-7-26(33)23(25)12-13-28(31)32/h8-11,14,23,25-28H,6-7,12-13,15-20H2,1-5H3,(H2,34,35). The smallest absolute Gasteiger partial charge is 0.223 e. The Kier molecular flexibility index (Phi) is 5.25. The van der Waals surface area contributed by atoms with Gasteiger partial charge in [-0.2, -0.15) is 0 Å². The van der Waals surface area contributed by atoms with E-state index in [0.717, 1.165) is 36.5 Å². The highest BCUT2D eigenvalue weighted by Crippen LogP contribution is 2.73. The predicted molar refractivity (Wildman–Crippen MR) is 144 cm³/mol. The van der Waals surface area contributed by atoms with Crippen molar-refractivity contribution in [3.05, 3.63) is 41.5 Å². The largest absolute Gasteiger partial charge is 0.369 e. The molecule has 2 N–H and O–H groups in total.